The lowest BCUT2D eigenvalue weighted by Crippen LogP contribution is -2.29. The fraction of sp³-hybridized carbons (Fsp3) is 0.316. The summed E-state index contributed by atoms with van der Waals surface area (Å²) in [5.41, 5.74) is 2.90. The van der Waals surface area contributed by atoms with Crippen molar-refractivity contribution in [1.82, 2.24) is 9.88 Å². The minimum Gasteiger partial charge on any atom is -0.504 e. The van der Waals surface area contributed by atoms with Crippen molar-refractivity contribution in [2.24, 2.45) is 0 Å². The van der Waals surface area contributed by atoms with Gasteiger partial charge in [0.1, 0.15) is 11.6 Å². The van der Waals surface area contributed by atoms with Crippen LogP contribution in [0.25, 0.3) is 20.8 Å². The van der Waals surface area contributed by atoms with Crippen LogP contribution in [0.3, 0.4) is 0 Å². The molecule has 2 heterocycles. The summed E-state index contributed by atoms with van der Waals surface area (Å²) >= 11 is 1.63. The summed E-state index contributed by atoms with van der Waals surface area (Å²) in [6.07, 6.45) is 0. The van der Waals surface area contributed by atoms with Gasteiger partial charge in [-0.25, -0.2) is 4.98 Å². The quantitative estimate of drug-likeness (QED) is 0.775. The minimum absolute atomic E-state index is 0.181. The van der Waals surface area contributed by atoms with Crippen LogP contribution in [0.5, 0.6) is 11.5 Å². The standard InChI is InChI=1S/C19H20N2O3S/c1-23-8-6-21-7-9-24-18-14(12-21)10-13(11-16(18)22)19-20-15-4-2-3-5-17(15)25-19/h2-5,10-11,22H,6-9,12H2,1H3. The van der Waals surface area contributed by atoms with Crippen molar-refractivity contribution in [2.75, 3.05) is 33.4 Å². The molecule has 3 aromatic rings. The molecule has 1 aliphatic rings. The first-order valence-corrected chi connectivity index (χ1v) is 9.12. The summed E-state index contributed by atoms with van der Waals surface area (Å²) in [5.74, 6) is 0.769. The maximum atomic E-state index is 10.5. The van der Waals surface area contributed by atoms with Gasteiger partial charge >= 0.3 is 0 Å². The average Bonchev–Trinajstić information content (AvgIpc) is 2.94. The van der Waals surface area contributed by atoms with Crippen molar-refractivity contribution < 1.29 is 14.6 Å². The molecule has 0 fully saturated rings. The average molecular weight is 356 g/mol. The fourth-order valence-corrected chi connectivity index (χ4v) is 4.04. The first-order valence-electron chi connectivity index (χ1n) is 8.30. The number of hydrogen-bond donors (Lipinski definition) is 1. The van der Waals surface area contributed by atoms with Crippen LogP contribution in [0, 0.1) is 0 Å². The van der Waals surface area contributed by atoms with Gasteiger partial charge in [-0.3, -0.25) is 4.90 Å². The predicted octanol–water partition coefficient (Wildman–Crippen LogP) is 3.51. The number of thiazole rings is 1. The van der Waals surface area contributed by atoms with Gasteiger partial charge in [-0.2, -0.15) is 0 Å². The highest BCUT2D eigenvalue weighted by molar-refractivity contribution is 7.21. The summed E-state index contributed by atoms with van der Waals surface area (Å²) in [5, 5.41) is 11.4. The highest BCUT2D eigenvalue weighted by Crippen LogP contribution is 2.39. The molecule has 1 aromatic heterocycles. The number of aromatic nitrogens is 1. The van der Waals surface area contributed by atoms with E-state index in [-0.39, 0.29) is 5.75 Å². The number of phenolic OH excluding ortho intramolecular Hbond substituents is 1. The number of fused-ring (bicyclic) bond motifs is 2. The molecule has 6 heteroatoms. The zero-order valence-corrected chi connectivity index (χ0v) is 14.9. The number of rotatable bonds is 4. The maximum Gasteiger partial charge on any atom is 0.165 e. The van der Waals surface area contributed by atoms with Crippen LogP contribution in [0.2, 0.25) is 0 Å². The molecule has 0 amide bonds. The molecule has 0 spiro atoms. The molecule has 25 heavy (non-hydrogen) atoms. The van der Waals surface area contributed by atoms with Gasteiger partial charge in [0.25, 0.3) is 0 Å². The predicted molar refractivity (Wildman–Crippen MR) is 99.4 cm³/mol. The van der Waals surface area contributed by atoms with E-state index in [1.54, 1.807) is 24.5 Å². The number of hydrogen-bond acceptors (Lipinski definition) is 6. The first-order chi connectivity index (χ1) is 12.2. The number of para-hydroxylation sites is 1. The Morgan fingerprint density at radius 3 is 3.04 bits per heavy atom. The van der Waals surface area contributed by atoms with Gasteiger partial charge in [-0.15, -0.1) is 11.3 Å². The van der Waals surface area contributed by atoms with E-state index in [4.69, 9.17) is 14.5 Å². The fourth-order valence-electron chi connectivity index (χ4n) is 3.08. The summed E-state index contributed by atoms with van der Waals surface area (Å²) in [6, 6.07) is 11.9. The Balaban J connectivity index is 1.71. The molecule has 0 radical (unpaired) electrons. The van der Waals surface area contributed by atoms with Crippen LogP contribution >= 0.6 is 11.3 Å². The Labute approximate surface area is 150 Å². The third-order valence-electron chi connectivity index (χ3n) is 4.35. The molecule has 0 saturated carbocycles. The molecule has 5 nitrogen and oxygen atoms in total. The van der Waals surface area contributed by atoms with Crippen molar-refractivity contribution in [3.8, 4) is 22.1 Å². The number of aromatic hydroxyl groups is 1. The zero-order chi connectivity index (χ0) is 17.2. The van der Waals surface area contributed by atoms with Gasteiger partial charge < -0.3 is 14.6 Å². The Morgan fingerprint density at radius 2 is 2.20 bits per heavy atom. The van der Waals surface area contributed by atoms with Gasteiger partial charge in [0.05, 0.1) is 16.8 Å². The minimum atomic E-state index is 0.181. The first kappa shape index (κ1) is 16.3. The molecule has 1 aliphatic heterocycles. The Morgan fingerprint density at radius 1 is 1.32 bits per heavy atom. The number of ether oxygens (including phenoxy) is 2. The highest BCUT2D eigenvalue weighted by atomic mass is 32.1. The lowest BCUT2D eigenvalue weighted by Gasteiger charge is -2.18. The van der Waals surface area contributed by atoms with E-state index in [0.717, 1.165) is 46.0 Å². The van der Waals surface area contributed by atoms with Gasteiger partial charge in [0.15, 0.2) is 11.5 Å². The molecule has 0 bridgehead atoms. The molecule has 0 aliphatic carbocycles. The maximum absolute atomic E-state index is 10.5. The van der Waals surface area contributed by atoms with Crippen LogP contribution in [-0.2, 0) is 11.3 Å². The Hall–Kier alpha value is -2.15. The van der Waals surface area contributed by atoms with Crippen LogP contribution in [-0.4, -0.2) is 48.4 Å². The van der Waals surface area contributed by atoms with E-state index in [2.05, 4.69) is 17.0 Å². The lowest BCUT2D eigenvalue weighted by molar-refractivity contribution is 0.138. The number of methoxy groups -OCH3 is 1. The molecule has 0 unspecified atom stereocenters. The van der Waals surface area contributed by atoms with Crippen molar-refractivity contribution in [1.29, 1.82) is 0 Å². The van der Waals surface area contributed by atoms with E-state index < -0.39 is 0 Å². The van der Waals surface area contributed by atoms with E-state index in [9.17, 15) is 5.11 Å². The molecular formula is C19H20N2O3S. The van der Waals surface area contributed by atoms with Gasteiger partial charge in [0, 0.05) is 37.9 Å². The molecular weight excluding hydrogens is 336 g/mol. The molecule has 4 rings (SSSR count). The van der Waals surface area contributed by atoms with E-state index in [0.29, 0.717) is 19.0 Å². The van der Waals surface area contributed by atoms with Crippen molar-refractivity contribution in [2.45, 2.75) is 6.54 Å². The normalized spacial score (nSPS) is 14.9. The monoisotopic (exact) mass is 356 g/mol. The molecule has 0 atom stereocenters. The highest BCUT2D eigenvalue weighted by Gasteiger charge is 2.20. The summed E-state index contributed by atoms with van der Waals surface area (Å²) in [6.45, 7) is 3.62. The second kappa shape index (κ2) is 7.00. The van der Waals surface area contributed by atoms with Gasteiger partial charge in [0.2, 0.25) is 0 Å². The molecule has 0 saturated heterocycles. The van der Waals surface area contributed by atoms with E-state index >= 15 is 0 Å². The van der Waals surface area contributed by atoms with Crippen LogP contribution in [0.4, 0.5) is 0 Å². The Bertz CT molecular complexity index is 861. The van der Waals surface area contributed by atoms with Crippen molar-refractivity contribution >= 4 is 21.6 Å². The van der Waals surface area contributed by atoms with Gasteiger partial charge in [-0.05, 0) is 24.3 Å². The lowest BCUT2D eigenvalue weighted by atomic mass is 10.1. The molecule has 2 aromatic carbocycles. The summed E-state index contributed by atoms with van der Waals surface area (Å²) < 4.78 is 12.1. The van der Waals surface area contributed by atoms with Crippen LogP contribution in [0.1, 0.15) is 5.56 Å². The second-order valence-corrected chi connectivity index (χ2v) is 7.12. The topological polar surface area (TPSA) is 54.8 Å². The smallest absolute Gasteiger partial charge is 0.165 e. The molecule has 130 valence electrons. The number of benzene rings is 2. The van der Waals surface area contributed by atoms with Crippen LogP contribution < -0.4 is 4.74 Å². The summed E-state index contributed by atoms with van der Waals surface area (Å²) in [4.78, 5) is 6.97. The second-order valence-electron chi connectivity index (χ2n) is 6.09. The van der Waals surface area contributed by atoms with E-state index in [1.165, 1.54) is 0 Å². The SMILES string of the molecule is COCCN1CCOc2c(O)cc(-c3nc4ccccc4s3)cc2C1. The Kier molecular flexibility index (Phi) is 4.57. The third kappa shape index (κ3) is 3.33. The third-order valence-corrected chi connectivity index (χ3v) is 5.43. The summed E-state index contributed by atoms with van der Waals surface area (Å²) in [7, 11) is 1.71. The number of phenols is 1. The molecule has 1 N–H and O–H groups in total. The van der Waals surface area contributed by atoms with Crippen LogP contribution in [0.15, 0.2) is 36.4 Å². The van der Waals surface area contributed by atoms with E-state index in [1.807, 2.05) is 18.2 Å². The zero-order valence-electron chi connectivity index (χ0n) is 14.1. The largest absolute Gasteiger partial charge is 0.504 e. The van der Waals surface area contributed by atoms with Gasteiger partial charge in [-0.1, -0.05) is 12.1 Å². The van der Waals surface area contributed by atoms with Crippen molar-refractivity contribution in [3.63, 3.8) is 0 Å². The number of nitrogens with zero attached hydrogens (tertiary/aromatic N) is 2. The van der Waals surface area contributed by atoms with Crippen molar-refractivity contribution in [3.05, 3.63) is 42.0 Å².